The van der Waals surface area contributed by atoms with Gasteiger partial charge in [-0.2, -0.15) is 0 Å². The summed E-state index contributed by atoms with van der Waals surface area (Å²) < 4.78 is 0. The molecule has 0 fully saturated rings. The van der Waals surface area contributed by atoms with Gasteiger partial charge in [0.15, 0.2) is 5.78 Å². The summed E-state index contributed by atoms with van der Waals surface area (Å²) in [7, 11) is 0. The molecule has 0 saturated carbocycles. The average molecular weight is 281 g/mol. The first kappa shape index (κ1) is 13.5. The summed E-state index contributed by atoms with van der Waals surface area (Å²) in [6.45, 7) is 1.75. The molecular weight excluding hydrogens is 266 g/mol. The normalized spacial score (nSPS) is 16.8. The standard InChI is InChI=1S/C17H15NO3/c1-11-12(6-4-8-16(11)18(20)21)9-14-10-13-5-2-3-7-15(13)17(14)19/h2-8,14H,9-10H2,1H3. The molecule has 0 amide bonds. The highest BCUT2D eigenvalue weighted by Crippen LogP contribution is 2.31. The molecule has 0 bridgehead atoms. The first-order valence-corrected chi connectivity index (χ1v) is 6.93. The van der Waals surface area contributed by atoms with Crippen molar-refractivity contribution in [2.75, 3.05) is 0 Å². The second-order valence-electron chi connectivity index (χ2n) is 5.44. The molecule has 0 N–H and O–H groups in total. The smallest absolute Gasteiger partial charge is 0.272 e. The molecule has 2 aromatic rings. The van der Waals surface area contributed by atoms with Crippen LogP contribution >= 0.6 is 0 Å². The van der Waals surface area contributed by atoms with Crippen LogP contribution in [0, 0.1) is 23.0 Å². The molecule has 0 spiro atoms. The number of hydrogen-bond acceptors (Lipinski definition) is 3. The third kappa shape index (κ3) is 2.33. The largest absolute Gasteiger partial charge is 0.294 e. The maximum Gasteiger partial charge on any atom is 0.272 e. The van der Waals surface area contributed by atoms with E-state index in [0.717, 1.165) is 23.1 Å². The number of Topliss-reactive ketones (excluding diaryl/α,β-unsaturated/α-hetero) is 1. The number of nitro groups is 1. The second kappa shape index (κ2) is 5.13. The fourth-order valence-electron chi connectivity index (χ4n) is 3.04. The number of hydrogen-bond donors (Lipinski definition) is 0. The Labute approximate surface area is 122 Å². The van der Waals surface area contributed by atoms with Gasteiger partial charge >= 0.3 is 0 Å². The predicted molar refractivity (Wildman–Crippen MR) is 79.5 cm³/mol. The number of carbonyl (C=O) groups is 1. The molecule has 3 rings (SSSR count). The quantitative estimate of drug-likeness (QED) is 0.639. The van der Waals surface area contributed by atoms with Gasteiger partial charge in [0, 0.05) is 23.1 Å². The van der Waals surface area contributed by atoms with E-state index in [-0.39, 0.29) is 22.3 Å². The summed E-state index contributed by atoms with van der Waals surface area (Å²) in [5.74, 6) is 0.0413. The number of ketones is 1. The molecule has 21 heavy (non-hydrogen) atoms. The SMILES string of the molecule is Cc1c(CC2Cc3ccccc3C2=O)cccc1[N+](=O)[O-]. The van der Waals surface area contributed by atoms with Gasteiger partial charge in [0.05, 0.1) is 4.92 Å². The molecule has 4 heteroatoms. The number of benzene rings is 2. The lowest BCUT2D eigenvalue weighted by atomic mass is 9.92. The Balaban J connectivity index is 1.88. The van der Waals surface area contributed by atoms with Gasteiger partial charge in [-0.1, -0.05) is 36.4 Å². The monoisotopic (exact) mass is 281 g/mol. The number of nitro benzene ring substituents is 1. The number of nitrogens with zero attached hydrogens (tertiary/aromatic N) is 1. The molecule has 1 aliphatic rings. The third-order valence-corrected chi connectivity index (χ3v) is 4.20. The second-order valence-corrected chi connectivity index (χ2v) is 5.44. The van der Waals surface area contributed by atoms with E-state index < -0.39 is 0 Å². The van der Waals surface area contributed by atoms with Crippen molar-refractivity contribution >= 4 is 11.5 Å². The fourth-order valence-corrected chi connectivity index (χ4v) is 3.04. The van der Waals surface area contributed by atoms with Gasteiger partial charge in [0.1, 0.15) is 0 Å². The minimum absolute atomic E-state index is 0.108. The van der Waals surface area contributed by atoms with Crippen LogP contribution in [0.3, 0.4) is 0 Å². The molecule has 4 nitrogen and oxygen atoms in total. The van der Waals surface area contributed by atoms with Crippen molar-refractivity contribution < 1.29 is 9.72 Å². The first-order valence-electron chi connectivity index (χ1n) is 6.93. The highest BCUT2D eigenvalue weighted by atomic mass is 16.6. The molecule has 1 unspecified atom stereocenters. The van der Waals surface area contributed by atoms with Crippen LogP contribution in [-0.4, -0.2) is 10.7 Å². The van der Waals surface area contributed by atoms with Crippen molar-refractivity contribution in [2.24, 2.45) is 5.92 Å². The Hall–Kier alpha value is -2.49. The van der Waals surface area contributed by atoms with E-state index in [1.54, 1.807) is 13.0 Å². The zero-order valence-corrected chi connectivity index (χ0v) is 11.7. The molecule has 106 valence electrons. The van der Waals surface area contributed by atoms with E-state index in [4.69, 9.17) is 0 Å². The van der Waals surface area contributed by atoms with Gasteiger partial charge in [-0.25, -0.2) is 0 Å². The van der Waals surface area contributed by atoms with Crippen molar-refractivity contribution in [2.45, 2.75) is 19.8 Å². The van der Waals surface area contributed by atoms with Crippen LogP contribution in [0.15, 0.2) is 42.5 Å². The highest BCUT2D eigenvalue weighted by molar-refractivity contribution is 6.02. The van der Waals surface area contributed by atoms with E-state index in [1.165, 1.54) is 6.07 Å². The van der Waals surface area contributed by atoms with Gasteiger partial charge in [0.2, 0.25) is 0 Å². The van der Waals surface area contributed by atoms with Crippen LogP contribution in [0.5, 0.6) is 0 Å². The lowest BCUT2D eigenvalue weighted by molar-refractivity contribution is -0.385. The molecular formula is C17H15NO3. The minimum atomic E-state index is -0.371. The van der Waals surface area contributed by atoms with Crippen molar-refractivity contribution in [1.29, 1.82) is 0 Å². The average Bonchev–Trinajstić information content (AvgIpc) is 2.78. The van der Waals surface area contributed by atoms with Crippen molar-refractivity contribution in [1.82, 2.24) is 0 Å². The molecule has 0 aliphatic heterocycles. The van der Waals surface area contributed by atoms with Crippen LogP contribution in [0.4, 0.5) is 5.69 Å². The highest BCUT2D eigenvalue weighted by Gasteiger charge is 2.30. The summed E-state index contributed by atoms with van der Waals surface area (Å²) in [4.78, 5) is 23.0. The number of fused-ring (bicyclic) bond motifs is 1. The van der Waals surface area contributed by atoms with Crippen LogP contribution in [-0.2, 0) is 12.8 Å². The Morgan fingerprint density at radius 1 is 1.19 bits per heavy atom. The van der Waals surface area contributed by atoms with Crippen molar-refractivity contribution in [3.05, 3.63) is 74.8 Å². The summed E-state index contributed by atoms with van der Waals surface area (Å²) in [5, 5.41) is 11.0. The zero-order valence-electron chi connectivity index (χ0n) is 11.7. The van der Waals surface area contributed by atoms with Crippen molar-refractivity contribution in [3.63, 3.8) is 0 Å². The Morgan fingerprint density at radius 3 is 2.67 bits per heavy atom. The van der Waals surface area contributed by atoms with Gasteiger partial charge in [0.25, 0.3) is 5.69 Å². The zero-order chi connectivity index (χ0) is 15.0. The molecule has 0 radical (unpaired) electrons. The van der Waals surface area contributed by atoms with Crippen LogP contribution in [0.1, 0.15) is 27.0 Å². The van der Waals surface area contributed by atoms with Gasteiger partial charge in [-0.3, -0.25) is 14.9 Å². The molecule has 0 heterocycles. The third-order valence-electron chi connectivity index (χ3n) is 4.20. The van der Waals surface area contributed by atoms with E-state index in [0.29, 0.717) is 12.0 Å². The molecule has 2 aromatic carbocycles. The van der Waals surface area contributed by atoms with Crippen molar-refractivity contribution in [3.8, 4) is 0 Å². The summed E-state index contributed by atoms with van der Waals surface area (Å²) in [6, 6.07) is 12.7. The summed E-state index contributed by atoms with van der Waals surface area (Å²) in [5.41, 5.74) is 3.54. The number of rotatable bonds is 3. The molecule has 0 saturated heterocycles. The summed E-state index contributed by atoms with van der Waals surface area (Å²) >= 11 is 0. The predicted octanol–water partition coefficient (Wildman–Crippen LogP) is 3.50. The molecule has 0 aromatic heterocycles. The Kier molecular flexibility index (Phi) is 3.29. The number of carbonyl (C=O) groups excluding carboxylic acids is 1. The van der Waals surface area contributed by atoms with E-state index >= 15 is 0 Å². The molecule has 1 aliphatic carbocycles. The van der Waals surface area contributed by atoms with Crippen LogP contribution in [0.25, 0.3) is 0 Å². The Bertz CT molecular complexity index is 737. The van der Waals surface area contributed by atoms with Gasteiger partial charge < -0.3 is 0 Å². The first-order chi connectivity index (χ1) is 10.1. The fraction of sp³-hybridized carbons (Fsp3) is 0.235. The Morgan fingerprint density at radius 2 is 1.95 bits per heavy atom. The van der Waals surface area contributed by atoms with E-state index in [9.17, 15) is 14.9 Å². The maximum atomic E-state index is 12.4. The van der Waals surface area contributed by atoms with Crippen LogP contribution < -0.4 is 0 Å². The topological polar surface area (TPSA) is 60.2 Å². The lowest BCUT2D eigenvalue weighted by Gasteiger charge is -2.10. The van der Waals surface area contributed by atoms with Gasteiger partial charge in [-0.15, -0.1) is 0 Å². The lowest BCUT2D eigenvalue weighted by Crippen LogP contribution is -2.13. The van der Waals surface area contributed by atoms with E-state index in [2.05, 4.69) is 0 Å². The van der Waals surface area contributed by atoms with Gasteiger partial charge in [-0.05, 0) is 30.9 Å². The maximum absolute atomic E-state index is 12.4. The van der Waals surface area contributed by atoms with Crippen LogP contribution in [0.2, 0.25) is 0 Å². The minimum Gasteiger partial charge on any atom is -0.294 e. The van der Waals surface area contributed by atoms with E-state index in [1.807, 2.05) is 30.3 Å². The summed E-state index contributed by atoms with van der Waals surface area (Å²) in [6.07, 6.45) is 1.28. The molecule has 1 atom stereocenters.